The fraction of sp³-hybridized carbons (Fsp3) is 0.750. The van der Waals surface area contributed by atoms with Gasteiger partial charge in [-0.25, -0.2) is 9.97 Å². The largest absolute Gasteiger partial charge is 0.390 e. The number of likely N-dealkylation sites (tertiary alicyclic amines) is 1. The van der Waals surface area contributed by atoms with E-state index in [9.17, 15) is 5.11 Å². The van der Waals surface area contributed by atoms with Crippen LogP contribution in [0.4, 0.5) is 11.6 Å². The van der Waals surface area contributed by atoms with Crippen LogP contribution < -0.4 is 10.6 Å². The van der Waals surface area contributed by atoms with Crippen molar-refractivity contribution in [1.82, 2.24) is 14.9 Å². The van der Waals surface area contributed by atoms with E-state index in [-0.39, 0.29) is 12.1 Å². The SMILES string of the molecule is CCCCSc1nc(N)cc(N2C[C@H](O)[C@@H](N3CCCC3)C2)n1. The van der Waals surface area contributed by atoms with E-state index >= 15 is 0 Å². The first-order valence-corrected chi connectivity index (χ1v) is 9.60. The number of nitrogens with two attached hydrogens (primary N) is 1. The maximum Gasteiger partial charge on any atom is 0.191 e. The van der Waals surface area contributed by atoms with Crippen LogP contribution in [-0.4, -0.2) is 64.1 Å². The molecule has 3 N–H and O–H groups in total. The van der Waals surface area contributed by atoms with Gasteiger partial charge >= 0.3 is 0 Å². The summed E-state index contributed by atoms with van der Waals surface area (Å²) >= 11 is 1.66. The van der Waals surface area contributed by atoms with Gasteiger partial charge < -0.3 is 15.7 Å². The van der Waals surface area contributed by atoms with Gasteiger partial charge in [0.1, 0.15) is 11.6 Å². The highest BCUT2D eigenvalue weighted by molar-refractivity contribution is 7.99. The molecule has 2 fully saturated rings. The Bertz CT molecular complexity index is 523. The van der Waals surface area contributed by atoms with Crippen molar-refractivity contribution >= 4 is 23.4 Å². The van der Waals surface area contributed by atoms with Gasteiger partial charge in [0.25, 0.3) is 0 Å². The van der Waals surface area contributed by atoms with Crippen molar-refractivity contribution in [2.24, 2.45) is 0 Å². The fourth-order valence-corrected chi connectivity index (χ4v) is 4.30. The van der Waals surface area contributed by atoms with E-state index in [2.05, 4.69) is 26.7 Å². The van der Waals surface area contributed by atoms with E-state index in [4.69, 9.17) is 5.73 Å². The molecule has 3 heterocycles. The lowest BCUT2D eigenvalue weighted by atomic mass is 10.2. The maximum absolute atomic E-state index is 10.4. The molecule has 128 valence electrons. The van der Waals surface area contributed by atoms with Gasteiger partial charge in [0.2, 0.25) is 0 Å². The van der Waals surface area contributed by atoms with Crippen molar-refractivity contribution in [3.63, 3.8) is 0 Å². The lowest BCUT2D eigenvalue weighted by molar-refractivity contribution is 0.0986. The summed E-state index contributed by atoms with van der Waals surface area (Å²) in [7, 11) is 0. The predicted octanol–water partition coefficient (Wildman–Crippen LogP) is 1.60. The minimum absolute atomic E-state index is 0.213. The van der Waals surface area contributed by atoms with Gasteiger partial charge in [-0.2, -0.15) is 0 Å². The van der Waals surface area contributed by atoms with Crippen molar-refractivity contribution in [2.45, 2.75) is 49.9 Å². The molecule has 2 saturated heterocycles. The van der Waals surface area contributed by atoms with Gasteiger partial charge in [-0.05, 0) is 32.4 Å². The molecular weight excluding hydrogens is 310 g/mol. The van der Waals surface area contributed by atoms with Crippen LogP contribution in [0.5, 0.6) is 0 Å². The summed E-state index contributed by atoms with van der Waals surface area (Å²) in [6.45, 7) is 5.81. The fourth-order valence-electron chi connectivity index (χ4n) is 3.35. The molecule has 6 nitrogen and oxygen atoms in total. The predicted molar refractivity (Wildman–Crippen MR) is 94.9 cm³/mol. The van der Waals surface area contributed by atoms with Crippen molar-refractivity contribution in [3.8, 4) is 0 Å². The lowest BCUT2D eigenvalue weighted by Crippen LogP contribution is -2.41. The second-order valence-electron chi connectivity index (χ2n) is 6.42. The van der Waals surface area contributed by atoms with E-state index in [0.717, 1.165) is 49.2 Å². The Kier molecular flexibility index (Phi) is 5.61. The minimum atomic E-state index is -0.319. The van der Waals surface area contributed by atoms with Gasteiger partial charge in [0.05, 0.1) is 12.1 Å². The summed E-state index contributed by atoms with van der Waals surface area (Å²) in [5.74, 6) is 2.36. The normalized spacial score (nSPS) is 25.4. The van der Waals surface area contributed by atoms with Crippen LogP contribution in [-0.2, 0) is 0 Å². The van der Waals surface area contributed by atoms with Crippen LogP contribution in [0.1, 0.15) is 32.6 Å². The number of aromatic nitrogens is 2. The molecule has 0 aliphatic carbocycles. The van der Waals surface area contributed by atoms with Crippen molar-refractivity contribution in [3.05, 3.63) is 6.07 Å². The molecule has 0 amide bonds. The van der Waals surface area contributed by atoms with E-state index in [1.54, 1.807) is 11.8 Å². The number of hydrogen-bond donors (Lipinski definition) is 2. The summed E-state index contributed by atoms with van der Waals surface area (Å²) in [6, 6.07) is 2.04. The zero-order valence-electron chi connectivity index (χ0n) is 13.8. The van der Waals surface area contributed by atoms with Gasteiger partial charge in [-0.1, -0.05) is 25.1 Å². The molecule has 0 bridgehead atoms. The minimum Gasteiger partial charge on any atom is -0.390 e. The maximum atomic E-state index is 10.4. The van der Waals surface area contributed by atoms with Gasteiger partial charge in [0.15, 0.2) is 5.16 Å². The molecule has 0 unspecified atom stereocenters. The summed E-state index contributed by atoms with van der Waals surface area (Å²) in [6.07, 6.45) is 4.47. The van der Waals surface area contributed by atoms with Crippen LogP contribution in [0.2, 0.25) is 0 Å². The molecule has 0 aromatic carbocycles. The van der Waals surface area contributed by atoms with Crippen LogP contribution in [0.25, 0.3) is 0 Å². The van der Waals surface area contributed by atoms with Crippen molar-refractivity contribution in [1.29, 1.82) is 0 Å². The Morgan fingerprint density at radius 3 is 2.83 bits per heavy atom. The molecule has 0 spiro atoms. The first-order valence-electron chi connectivity index (χ1n) is 8.62. The van der Waals surface area contributed by atoms with Crippen LogP contribution in [0.15, 0.2) is 11.2 Å². The average Bonchev–Trinajstić information content (AvgIpc) is 3.16. The summed E-state index contributed by atoms with van der Waals surface area (Å²) in [5, 5.41) is 11.2. The number of hydrogen-bond acceptors (Lipinski definition) is 7. The van der Waals surface area contributed by atoms with E-state index in [1.807, 2.05) is 6.07 Å². The molecule has 1 aromatic rings. The second-order valence-corrected chi connectivity index (χ2v) is 7.48. The Morgan fingerprint density at radius 2 is 2.09 bits per heavy atom. The number of thioether (sulfide) groups is 1. The molecular formula is C16H27N5OS. The number of β-amino-alcohol motifs (C(OH)–C–C–N with tert-alkyl or cyclic N) is 1. The summed E-state index contributed by atoms with van der Waals surface area (Å²) in [5.41, 5.74) is 5.96. The lowest BCUT2D eigenvalue weighted by Gasteiger charge is -2.25. The molecule has 23 heavy (non-hydrogen) atoms. The molecule has 0 radical (unpaired) electrons. The molecule has 2 aliphatic heterocycles. The zero-order chi connectivity index (χ0) is 16.2. The quantitative estimate of drug-likeness (QED) is 0.464. The Balaban J connectivity index is 1.68. The molecule has 3 rings (SSSR count). The van der Waals surface area contributed by atoms with Gasteiger partial charge in [0, 0.05) is 24.9 Å². The smallest absolute Gasteiger partial charge is 0.191 e. The average molecular weight is 337 g/mol. The summed E-state index contributed by atoms with van der Waals surface area (Å²) < 4.78 is 0. The third-order valence-electron chi connectivity index (χ3n) is 4.63. The Hall–Kier alpha value is -1.05. The Morgan fingerprint density at radius 1 is 1.30 bits per heavy atom. The van der Waals surface area contributed by atoms with Crippen LogP contribution in [0, 0.1) is 0 Å². The number of anilines is 2. The number of nitrogen functional groups attached to an aromatic ring is 1. The summed E-state index contributed by atoms with van der Waals surface area (Å²) in [4.78, 5) is 13.5. The number of unbranched alkanes of at least 4 members (excludes halogenated alkanes) is 1. The number of nitrogens with zero attached hydrogens (tertiary/aromatic N) is 4. The molecule has 1 aromatic heterocycles. The highest BCUT2D eigenvalue weighted by Crippen LogP contribution is 2.27. The number of aliphatic hydroxyl groups is 1. The third kappa shape index (κ3) is 4.08. The monoisotopic (exact) mass is 337 g/mol. The van der Waals surface area contributed by atoms with Crippen LogP contribution >= 0.6 is 11.8 Å². The molecule has 0 saturated carbocycles. The van der Waals surface area contributed by atoms with E-state index < -0.39 is 0 Å². The van der Waals surface area contributed by atoms with E-state index in [0.29, 0.717) is 12.4 Å². The zero-order valence-corrected chi connectivity index (χ0v) is 14.6. The number of rotatable bonds is 6. The standard InChI is InChI=1S/C16H27N5OS/c1-2-3-8-23-16-18-14(17)9-15(19-16)21-10-12(13(22)11-21)20-6-4-5-7-20/h9,12-13,22H,2-8,10-11H2,1H3,(H2,17,18,19)/t12-,13-/m0/s1. The topological polar surface area (TPSA) is 78.5 Å². The van der Waals surface area contributed by atoms with Gasteiger partial charge in [-0.15, -0.1) is 0 Å². The molecule has 2 atom stereocenters. The van der Waals surface area contributed by atoms with E-state index in [1.165, 1.54) is 12.8 Å². The highest BCUT2D eigenvalue weighted by atomic mass is 32.2. The molecule has 2 aliphatic rings. The van der Waals surface area contributed by atoms with Gasteiger partial charge in [-0.3, -0.25) is 4.90 Å². The first-order chi connectivity index (χ1) is 11.2. The Labute approximate surface area is 142 Å². The second kappa shape index (κ2) is 7.68. The number of aliphatic hydroxyl groups excluding tert-OH is 1. The third-order valence-corrected chi connectivity index (χ3v) is 5.57. The highest BCUT2D eigenvalue weighted by Gasteiger charge is 2.37. The van der Waals surface area contributed by atoms with Crippen molar-refractivity contribution in [2.75, 3.05) is 42.6 Å². The van der Waals surface area contributed by atoms with Crippen molar-refractivity contribution < 1.29 is 5.11 Å². The van der Waals surface area contributed by atoms with Crippen LogP contribution in [0.3, 0.4) is 0 Å². The molecule has 7 heteroatoms. The first kappa shape index (κ1) is 16.8.